The van der Waals surface area contributed by atoms with Gasteiger partial charge in [-0.2, -0.15) is 0 Å². The van der Waals surface area contributed by atoms with E-state index >= 15 is 0 Å². The fraction of sp³-hybridized carbons (Fsp3) is 0.880. The van der Waals surface area contributed by atoms with Crippen molar-refractivity contribution >= 4 is 5.91 Å². The normalized spacial score (nSPS) is 21.5. The molecule has 14 heteroatoms. The number of amides is 1. The van der Waals surface area contributed by atoms with Gasteiger partial charge in [0.15, 0.2) is 12.6 Å². The summed E-state index contributed by atoms with van der Waals surface area (Å²) in [6.45, 7) is 2.82. The highest BCUT2D eigenvalue weighted by Gasteiger charge is 2.51. The summed E-state index contributed by atoms with van der Waals surface area (Å²) < 4.78 is 23.0. The molecule has 2 fully saturated rings. The van der Waals surface area contributed by atoms with E-state index < -0.39 is 86.8 Å². The minimum absolute atomic E-state index is 0.198. The van der Waals surface area contributed by atoms with Crippen LogP contribution in [-0.4, -0.2) is 140 Å². The third-order valence-electron chi connectivity index (χ3n) is 22.2. The predicted octanol–water partition coefficient (Wildman–Crippen LogP) is 22.3. The molecule has 0 saturated carbocycles. The van der Waals surface area contributed by atoms with E-state index in [2.05, 4.69) is 79.9 Å². The summed E-state index contributed by atoms with van der Waals surface area (Å²) in [6.07, 6.45) is 87.3. The Kier molecular flexibility index (Phi) is 70.9. The van der Waals surface area contributed by atoms with E-state index in [1.807, 2.05) is 0 Å². The minimum atomic E-state index is -1.78. The van der Waals surface area contributed by atoms with Crippen molar-refractivity contribution in [3.05, 3.63) is 60.8 Å². The predicted molar refractivity (Wildman–Crippen MR) is 443 cm³/mol. The fourth-order valence-corrected chi connectivity index (χ4v) is 15.2. The van der Waals surface area contributed by atoms with E-state index in [0.717, 1.165) is 83.5 Å². The van der Waals surface area contributed by atoms with Gasteiger partial charge in [0.2, 0.25) is 5.91 Å². The second-order valence-electron chi connectivity index (χ2n) is 32.1. The zero-order valence-corrected chi connectivity index (χ0v) is 68.7. The first-order chi connectivity index (χ1) is 52.1. The van der Waals surface area contributed by atoms with E-state index in [1.54, 1.807) is 0 Å². The highest BCUT2D eigenvalue weighted by atomic mass is 16.7. The van der Waals surface area contributed by atoms with Gasteiger partial charge in [-0.05, 0) is 57.8 Å². The number of nitrogens with one attached hydrogen (secondary N) is 1. The molecule has 0 aromatic carbocycles. The summed E-state index contributed by atoms with van der Waals surface area (Å²) in [5.41, 5.74) is 0. The van der Waals surface area contributed by atoms with Crippen LogP contribution in [0.2, 0.25) is 0 Å². The quantitative estimate of drug-likeness (QED) is 0.0204. The number of allylic oxidation sites excluding steroid dienone is 10. The Morgan fingerprint density at radius 2 is 0.651 bits per heavy atom. The molecule has 0 aromatic rings. The molecule has 0 aliphatic carbocycles. The van der Waals surface area contributed by atoms with E-state index in [4.69, 9.17) is 18.9 Å². The average molecular weight is 1500 g/mol. The first-order valence-corrected chi connectivity index (χ1v) is 45.5. The maximum absolute atomic E-state index is 13.4. The van der Waals surface area contributed by atoms with E-state index in [1.165, 1.54) is 315 Å². The number of aliphatic hydroxyl groups excluding tert-OH is 8. The molecule has 106 heavy (non-hydrogen) atoms. The summed E-state index contributed by atoms with van der Waals surface area (Å²) in [5.74, 6) is -0.198. The van der Waals surface area contributed by atoms with Crippen molar-refractivity contribution in [3.8, 4) is 0 Å². The smallest absolute Gasteiger partial charge is 0.220 e. The molecule has 2 heterocycles. The second-order valence-corrected chi connectivity index (χ2v) is 32.1. The van der Waals surface area contributed by atoms with Crippen LogP contribution in [0.5, 0.6) is 0 Å². The number of hydrogen-bond acceptors (Lipinski definition) is 13. The van der Waals surface area contributed by atoms with Gasteiger partial charge in [0.05, 0.1) is 32.0 Å². The molecular weight excluding hydrogens is 1330 g/mol. The molecule has 2 rings (SSSR count). The van der Waals surface area contributed by atoms with Gasteiger partial charge in [-0.3, -0.25) is 4.79 Å². The lowest BCUT2D eigenvalue weighted by Gasteiger charge is -2.46. The lowest BCUT2D eigenvalue weighted by molar-refractivity contribution is -0.359. The lowest BCUT2D eigenvalue weighted by Crippen LogP contribution is -2.65. The van der Waals surface area contributed by atoms with Crippen molar-refractivity contribution in [2.45, 2.75) is 498 Å². The van der Waals surface area contributed by atoms with Gasteiger partial charge >= 0.3 is 0 Å². The summed E-state index contributed by atoms with van der Waals surface area (Å²) in [4.78, 5) is 13.4. The molecule has 0 aromatic heterocycles. The molecule has 1 amide bonds. The highest BCUT2D eigenvalue weighted by molar-refractivity contribution is 5.76. The zero-order valence-electron chi connectivity index (χ0n) is 68.7. The van der Waals surface area contributed by atoms with Crippen LogP contribution in [0.25, 0.3) is 0 Å². The number of rotatable bonds is 78. The summed E-state index contributed by atoms with van der Waals surface area (Å²) in [5, 5.41) is 88.1. The molecule has 14 nitrogen and oxygen atoms in total. The average Bonchev–Trinajstić information content (AvgIpc) is 0.789. The van der Waals surface area contributed by atoms with Crippen LogP contribution >= 0.6 is 0 Å². The van der Waals surface area contributed by atoms with Crippen LogP contribution in [0.3, 0.4) is 0 Å². The van der Waals surface area contributed by atoms with Crippen molar-refractivity contribution in [2.24, 2.45) is 0 Å². The lowest BCUT2D eigenvalue weighted by atomic mass is 9.97. The van der Waals surface area contributed by atoms with Crippen molar-refractivity contribution in [3.63, 3.8) is 0 Å². The Morgan fingerprint density at radius 3 is 1.00 bits per heavy atom. The van der Waals surface area contributed by atoms with Crippen LogP contribution in [0.1, 0.15) is 425 Å². The van der Waals surface area contributed by atoms with Gasteiger partial charge in [-0.1, -0.05) is 421 Å². The summed E-state index contributed by atoms with van der Waals surface area (Å²) >= 11 is 0. The zero-order chi connectivity index (χ0) is 76.5. The Morgan fingerprint density at radius 1 is 0.349 bits per heavy atom. The molecule has 0 bridgehead atoms. The molecule has 9 N–H and O–H groups in total. The third-order valence-corrected chi connectivity index (χ3v) is 22.2. The Hall–Kier alpha value is -2.31. The van der Waals surface area contributed by atoms with Crippen LogP contribution in [0, 0.1) is 0 Å². The van der Waals surface area contributed by atoms with Gasteiger partial charge in [-0.15, -0.1) is 0 Å². The van der Waals surface area contributed by atoms with Gasteiger partial charge in [0.1, 0.15) is 48.8 Å². The van der Waals surface area contributed by atoms with Crippen LogP contribution in [0.15, 0.2) is 60.8 Å². The monoisotopic (exact) mass is 1500 g/mol. The molecule has 2 aliphatic heterocycles. The van der Waals surface area contributed by atoms with Gasteiger partial charge < -0.3 is 65.1 Å². The molecular formula is C92H171NO13. The molecule has 0 radical (unpaired) electrons. The van der Waals surface area contributed by atoms with Crippen molar-refractivity contribution in [2.75, 3.05) is 19.8 Å². The second kappa shape index (κ2) is 75.4. The van der Waals surface area contributed by atoms with Crippen molar-refractivity contribution in [1.82, 2.24) is 5.32 Å². The molecule has 622 valence electrons. The molecule has 12 atom stereocenters. The Balaban J connectivity index is 1.54. The number of unbranched alkanes of at least 4 members (excludes halogenated alkanes) is 55. The number of carbonyl (C=O) groups excluding carboxylic acids is 1. The number of ether oxygens (including phenoxy) is 4. The van der Waals surface area contributed by atoms with E-state index in [0.29, 0.717) is 12.8 Å². The fourth-order valence-electron chi connectivity index (χ4n) is 15.2. The Bertz CT molecular complexity index is 2020. The van der Waals surface area contributed by atoms with Gasteiger partial charge in [-0.25, -0.2) is 0 Å². The largest absolute Gasteiger partial charge is 0.394 e. The summed E-state index contributed by atoms with van der Waals surface area (Å²) in [6, 6.07) is -0.831. The van der Waals surface area contributed by atoms with E-state index in [9.17, 15) is 45.6 Å². The number of hydrogen-bond donors (Lipinski definition) is 9. The first-order valence-electron chi connectivity index (χ1n) is 45.5. The standard InChI is InChI=1S/C92H171NO13/c1-3-5-7-9-11-13-15-17-19-21-23-25-27-29-31-33-35-37-38-39-40-41-42-44-46-48-50-52-54-56-58-60-62-64-66-68-70-72-74-76-84(97)93-80(79-103-91-89(102)87(100)90(83(78-95)105-91)106-92-88(101)86(99)85(98)82(77-94)104-92)81(96)75-73-71-69-67-65-63-61-59-57-55-53-51-49-47-45-43-36-34-32-30-28-26-24-22-20-18-16-14-12-10-8-6-4-2/h5,7,11,13,17,19,23,25,29,31,80-83,85-92,94-96,98-102H,3-4,6,8-10,12,14-16,18,20-22,24,26-28,30,32-79H2,1-2H3,(H,93,97)/b7-5-,13-11-,19-17-,25-23-,31-29-. The molecule has 2 aliphatic rings. The SMILES string of the molecule is CC/C=C\C/C=C\C/C=C\C/C=C\C/C=C\CCCCCCCCCCCCCCCCCCCCCCCCCC(=O)NC(COC1OC(CO)C(OC2OC(CO)C(O)C(O)C2O)C(O)C1O)C(O)CCCCCCCCCCCCCCCCCCCCCCCCCCCCCCCCCCC. The number of carbonyl (C=O) groups is 1. The van der Waals surface area contributed by atoms with Gasteiger partial charge in [0, 0.05) is 6.42 Å². The van der Waals surface area contributed by atoms with Crippen LogP contribution in [0.4, 0.5) is 0 Å². The van der Waals surface area contributed by atoms with Crippen molar-refractivity contribution in [1.29, 1.82) is 0 Å². The van der Waals surface area contributed by atoms with Crippen molar-refractivity contribution < 1.29 is 64.6 Å². The maximum Gasteiger partial charge on any atom is 0.220 e. The topological polar surface area (TPSA) is 228 Å². The minimum Gasteiger partial charge on any atom is -0.394 e. The highest BCUT2D eigenvalue weighted by Crippen LogP contribution is 2.31. The van der Waals surface area contributed by atoms with E-state index in [-0.39, 0.29) is 12.5 Å². The molecule has 0 spiro atoms. The third kappa shape index (κ3) is 56.8. The first kappa shape index (κ1) is 99.8. The van der Waals surface area contributed by atoms with Crippen LogP contribution in [-0.2, 0) is 23.7 Å². The molecule has 2 saturated heterocycles. The molecule has 12 unspecified atom stereocenters. The maximum atomic E-state index is 13.4. The van der Waals surface area contributed by atoms with Crippen LogP contribution < -0.4 is 5.32 Å². The van der Waals surface area contributed by atoms with Gasteiger partial charge in [0.25, 0.3) is 0 Å². The summed E-state index contributed by atoms with van der Waals surface area (Å²) in [7, 11) is 0. The Labute approximate surface area is 651 Å². The number of aliphatic hydroxyl groups is 8.